The molecule has 23 heavy (non-hydrogen) atoms. The molecule has 1 unspecified atom stereocenters. The fourth-order valence-electron chi connectivity index (χ4n) is 2.40. The van der Waals surface area contributed by atoms with Crippen LogP contribution in [0.1, 0.15) is 12.0 Å². The van der Waals surface area contributed by atoms with Crippen LogP contribution in [0.15, 0.2) is 30.6 Å². The van der Waals surface area contributed by atoms with E-state index in [0.29, 0.717) is 5.82 Å². The molecular formula is C13H10FN5O3S. The largest absolute Gasteiger partial charge is 0.307 e. The van der Waals surface area contributed by atoms with E-state index in [1.165, 1.54) is 17.1 Å². The number of nitrogens with zero attached hydrogens (tertiary/aromatic N) is 5. The van der Waals surface area contributed by atoms with Gasteiger partial charge in [0.05, 0.1) is 6.20 Å². The van der Waals surface area contributed by atoms with Gasteiger partial charge in [0.2, 0.25) is 5.91 Å². The molecule has 0 aliphatic carbocycles. The highest BCUT2D eigenvalue weighted by atomic mass is 32.3. The van der Waals surface area contributed by atoms with Crippen LogP contribution in [-0.4, -0.2) is 40.9 Å². The number of amides is 1. The Bertz CT molecular complexity index is 903. The molecule has 10 heteroatoms. The predicted molar refractivity (Wildman–Crippen MR) is 76.9 cm³/mol. The highest BCUT2D eigenvalue weighted by Gasteiger charge is 2.41. The first-order chi connectivity index (χ1) is 10.9. The van der Waals surface area contributed by atoms with Gasteiger partial charge in [-0.25, -0.2) is 4.98 Å². The van der Waals surface area contributed by atoms with Gasteiger partial charge in [0.1, 0.15) is 16.9 Å². The normalized spacial score (nSPS) is 18.2. The molecular weight excluding hydrogens is 325 g/mol. The summed E-state index contributed by atoms with van der Waals surface area (Å²) in [7, 11) is -4.85. The summed E-state index contributed by atoms with van der Waals surface area (Å²) in [5.74, 6) is -0.156. The van der Waals surface area contributed by atoms with E-state index in [4.69, 9.17) is 0 Å². The van der Waals surface area contributed by atoms with Crippen LogP contribution >= 0.6 is 0 Å². The Balaban J connectivity index is 2.08. The molecule has 0 N–H and O–H groups in total. The van der Waals surface area contributed by atoms with Gasteiger partial charge in [-0.3, -0.25) is 9.69 Å². The van der Waals surface area contributed by atoms with Crippen LogP contribution in [0, 0.1) is 11.3 Å². The number of hydrogen-bond donors (Lipinski definition) is 0. The zero-order valence-electron chi connectivity index (χ0n) is 11.6. The number of pyridine rings is 1. The second kappa shape index (κ2) is 5.44. The minimum absolute atomic E-state index is 0.0703. The monoisotopic (exact) mass is 335 g/mol. The Morgan fingerprint density at radius 1 is 1.39 bits per heavy atom. The molecule has 1 aliphatic heterocycles. The average molecular weight is 335 g/mol. The maximum Gasteiger partial charge on any atom is 0.307 e. The number of aromatic nitrogens is 3. The molecule has 1 saturated heterocycles. The van der Waals surface area contributed by atoms with Crippen molar-refractivity contribution < 1.29 is 17.1 Å². The summed E-state index contributed by atoms with van der Waals surface area (Å²) in [6, 6.07) is 6.88. The van der Waals surface area contributed by atoms with E-state index >= 15 is 0 Å². The van der Waals surface area contributed by atoms with Crippen LogP contribution < -0.4 is 4.90 Å². The Labute approximate surface area is 131 Å². The van der Waals surface area contributed by atoms with Crippen LogP contribution in [0.2, 0.25) is 0 Å². The maximum absolute atomic E-state index is 13.2. The third-order valence-corrected chi connectivity index (χ3v) is 4.59. The zero-order valence-corrected chi connectivity index (χ0v) is 12.4. The average Bonchev–Trinajstić information content (AvgIpc) is 3.10. The third kappa shape index (κ3) is 2.66. The van der Waals surface area contributed by atoms with Crippen molar-refractivity contribution in [3.63, 3.8) is 0 Å². The van der Waals surface area contributed by atoms with E-state index in [1.54, 1.807) is 18.2 Å². The minimum Gasteiger partial charge on any atom is -0.294 e. The van der Waals surface area contributed by atoms with E-state index in [2.05, 4.69) is 10.1 Å². The van der Waals surface area contributed by atoms with Crippen molar-refractivity contribution in [1.82, 2.24) is 14.8 Å². The second-order valence-corrected chi connectivity index (χ2v) is 6.52. The molecule has 3 heterocycles. The number of nitriles is 1. The van der Waals surface area contributed by atoms with Crippen molar-refractivity contribution in [1.29, 1.82) is 5.26 Å². The van der Waals surface area contributed by atoms with Crippen molar-refractivity contribution in [3.05, 3.63) is 36.2 Å². The van der Waals surface area contributed by atoms with Gasteiger partial charge in [-0.05, 0) is 12.1 Å². The number of anilines is 1. The molecule has 0 spiro atoms. The van der Waals surface area contributed by atoms with E-state index < -0.39 is 27.8 Å². The number of carbonyl (C=O) groups excluding carboxylic acids is 1. The molecule has 0 radical (unpaired) electrons. The summed E-state index contributed by atoms with van der Waals surface area (Å²) < 4.78 is 36.6. The van der Waals surface area contributed by atoms with Crippen molar-refractivity contribution in [3.8, 4) is 11.9 Å². The quantitative estimate of drug-likeness (QED) is 0.758. The molecule has 1 atom stereocenters. The van der Waals surface area contributed by atoms with Crippen LogP contribution in [0.4, 0.5) is 9.70 Å². The fourth-order valence-corrected chi connectivity index (χ4v) is 3.06. The minimum atomic E-state index is -4.85. The molecule has 3 rings (SSSR count). The van der Waals surface area contributed by atoms with E-state index in [-0.39, 0.29) is 17.9 Å². The summed E-state index contributed by atoms with van der Waals surface area (Å²) in [6.45, 7) is -0.370. The van der Waals surface area contributed by atoms with Crippen molar-refractivity contribution in [2.45, 2.75) is 11.7 Å². The molecule has 2 aromatic rings. The summed E-state index contributed by atoms with van der Waals surface area (Å²) in [6.07, 6.45) is 2.28. The number of carbonyl (C=O) groups is 1. The van der Waals surface area contributed by atoms with Crippen molar-refractivity contribution in [2.75, 3.05) is 11.4 Å². The van der Waals surface area contributed by atoms with Gasteiger partial charge in [-0.1, -0.05) is 6.07 Å². The molecule has 0 saturated carbocycles. The summed E-state index contributed by atoms with van der Waals surface area (Å²) in [4.78, 5) is 17.2. The van der Waals surface area contributed by atoms with Crippen molar-refractivity contribution in [2.24, 2.45) is 0 Å². The van der Waals surface area contributed by atoms with Gasteiger partial charge in [-0.2, -0.15) is 23.5 Å². The summed E-state index contributed by atoms with van der Waals surface area (Å²) >= 11 is 0. The lowest BCUT2D eigenvalue weighted by atomic mass is 10.3. The van der Waals surface area contributed by atoms with E-state index in [1.807, 2.05) is 6.07 Å². The molecule has 0 bridgehead atoms. The van der Waals surface area contributed by atoms with Crippen molar-refractivity contribution >= 4 is 21.9 Å². The van der Waals surface area contributed by atoms with Crippen LogP contribution in [-0.2, 0) is 15.0 Å². The lowest BCUT2D eigenvalue weighted by molar-refractivity contribution is -0.117. The van der Waals surface area contributed by atoms with E-state index in [0.717, 1.165) is 4.90 Å². The fraction of sp³-hybridized carbons (Fsp3) is 0.231. The van der Waals surface area contributed by atoms with Gasteiger partial charge in [0.15, 0.2) is 11.6 Å². The number of halogens is 1. The SMILES string of the molecule is N#Cc1cnn(-c2ccccn2)c1N1CC(S(=O)(=O)F)CC1=O. The highest BCUT2D eigenvalue weighted by molar-refractivity contribution is 7.87. The third-order valence-electron chi connectivity index (χ3n) is 3.47. The molecule has 8 nitrogen and oxygen atoms in total. The zero-order chi connectivity index (χ0) is 16.6. The Morgan fingerprint density at radius 3 is 2.74 bits per heavy atom. The highest BCUT2D eigenvalue weighted by Crippen LogP contribution is 2.29. The Morgan fingerprint density at radius 2 is 2.17 bits per heavy atom. The topological polar surface area (TPSA) is 109 Å². The number of hydrogen-bond acceptors (Lipinski definition) is 6. The Kier molecular flexibility index (Phi) is 3.57. The van der Waals surface area contributed by atoms with Gasteiger partial charge in [-0.15, -0.1) is 3.89 Å². The van der Waals surface area contributed by atoms with Crippen LogP contribution in [0.3, 0.4) is 0 Å². The maximum atomic E-state index is 13.2. The molecule has 1 amide bonds. The Hall–Kier alpha value is -2.80. The van der Waals surface area contributed by atoms with Gasteiger partial charge < -0.3 is 0 Å². The molecule has 0 aromatic carbocycles. The molecule has 118 valence electrons. The van der Waals surface area contributed by atoms with Crippen LogP contribution in [0.5, 0.6) is 0 Å². The van der Waals surface area contributed by atoms with E-state index in [9.17, 15) is 22.4 Å². The lowest BCUT2D eigenvalue weighted by Gasteiger charge is -2.17. The first kappa shape index (κ1) is 15.1. The second-order valence-electron chi connectivity index (χ2n) is 4.90. The lowest BCUT2D eigenvalue weighted by Crippen LogP contribution is -2.29. The van der Waals surface area contributed by atoms with Gasteiger partial charge in [0, 0.05) is 19.2 Å². The standard InChI is InChI=1S/C13H10FN5O3S/c14-23(21,22)10-5-12(20)18(8-10)13-9(6-15)7-17-19(13)11-3-1-2-4-16-11/h1-4,7,10H,5,8H2. The smallest absolute Gasteiger partial charge is 0.294 e. The first-order valence-corrected chi connectivity index (χ1v) is 8.00. The van der Waals surface area contributed by atoms with Gasteiger partial charge >= 0.3 is 10.2 Å². The summed E-state index contributed by atoms with van der Waals surface area (Å²) in [5, 5.41) is 11.8. The first-order valence-electron chi connectivity index (χ1n) is 6.55. The molecule has 2 aromatic heterocycles. The predicted octanol–water partition coefficient (Wildman–Crippen LogP) is 0.544. The number of rotatable bonds is 3. The summed E-state index contributed by atoms with van der Waals surface area (Å²) in [5.41, 5.74) is 0.0703. The van der Waals surface area contributed by atoms with Crippen LogP contribution in [0.25, 0.3) is 5.82 Å². The molecule has 1 aliphatic rings. The van der Waals surface area contributed by atoms with Gasteiger partial charge in [0.25, 0.3) is 0 Å². The molecule has 1 fully saturated rings.